The number of likely N-dealkylation sites (N-methyl/N-ethyl adjacent to an activating group) is 2. The van der Waals surface area contributed by atoms with Crippen molar-refractivity contribution in [3.63, 3.8) is 0 Å². The molecule has 2 amide bonds. The van der Waals surface area contributed by atoms with E-state index < -0.39 is 0 Å². The van der Waals surface area contributed by atoms with E-state index >= 15 is 0 Å². The summed E-state index contributed by atoms with van der Waals surface area (Å²) in [6.45, 7) is 0.598. The van der Waals surface area contributed by atoms with E-state index in [1.165, 1.54) is 0 Å². The summed E-state index contributed by atoms with van der Waals surface area (Å²) in [6, 6.07) is 9.39. The van der Waals surface area contributed by atoms with Crippen molar-refractivity contribution < 1.29 is 9.59 Å². The van der Waals surface area contributed by atoms with Gasteiger partial charge in [-0.25, -0.2) is 0 Å². The Kier molecular flexibility index (Phi) is 8.94. The third-order valence-electron chi connectivity index (χ3n) is 3.86. The Bertz CT molecular complexity index is 479. The third-order valence-corrected chi connectivity index (χ3v) is 3.86. The number of nitrogens with one attached hydrogen (secondary N) is 3. The molecule has 0 saturated carbocycles. The molecule has 23 heavy (non-hydrogen) atoms. The second kappa shape index (κ2) is 10.7. The predicted molar refractivity (Wildman–Crippen MR) is 91.9 cm³/mol. The number of hydrogen-bond acceptors (Lipinski definition) is 4. The predicted octanol–water partition coefficient (Wildman–Crippen LogP) is 0.177. The van der Waals surface area contributed by atoms with Gasteiger partial charge in [-0.05, 0) is 45.3 Å². The van der Waals surface area contributed by atoms with Crippen LogP contribution in [0.3, 0.4) is 0 Å². The van der Waals surface area contributed by atoms with Crippen molar-refractivity contribution >= 4 is 11.8 Å². The van der Waals surface area contributed by atoms with Gasteiger partial charge in [0, 0.05) is 6.54 Å². The van der Waals surface area contributed by atoms with Gasteiger partial charge in [0.05, 0.1) is 12.1 Å². The van der Waals surface area contributed by atoms with Crippen molar-refractivity contribution in [2.45, 2.75) is 37.8 Å². The van der Waals surface area contributed by atoms with Crippen LogP contribution in [0.5, 0.6) is 0 Å². The van der Waals surface area contributed by atoms with E-state index in [1.54, 1.807) is 14.1 Å². The van der Waals surface area contributed by atoms with Gasteiger partial charge in [-0.3, -0.25) is 9.59 Å². The number of hydrogen-bond donors (Lipinski definition) is 4. The van der Waals surface area contributed by atoms with Gasteiger partial charge in [-0.2, -0.15) is 0 Å². The standard InChI is InChI=1S/C17H28N4O2/c1-19-14(16(18)22)10-6-7-11-21-17(23)15(20-2)12-13-8-4-3-5-9-13/h3-5,8-9,14-15,19-20H,6-7,10-12H2,1-2H3,(H2,18,22)(H,21,23). The number of amides is 2. The number of carbonyl (C=O) groups is 2. The lowest BCUT2D eigenvalue weighted by molar-refractivity contribution is -0.123. The second-order valence-electron chi connectivity index (χ2n) is 5.56. The lowest BCUT2D eigenvalue weighted by Gasteiger charge is -2.16. The molecule has 0 aliphatic rings. The first-order valence-corrected chi connectivity index (χ1v) is 8.04. The molecule has 128 valence electrons. The molecule has 2 unspecified atom stereocenters. The molecule has 0 saturated heterocycles. The fourth-order valence-electron chi connectivity index (χ4n) is 2.41. The average molecular weight is 320 g/mol. The molecule has 1 aromatic carbocycles. The minimum atomic E-state index is -0.338. The number of rotatable bonds is 11. The van der Waals surface area contributed by atoms with Crippen molar-refractivity contribution in [1.29, 1.82) is 0 Å². The summed E-state index contributed by atoms with van der Waals surface area (Å²) in [4.78, 5) is 23.3. The van der Waals surface area contributed by atoms with Crippen LogP contribution in [0.4, 0.5) is 0 Å². The van der Waals surface area contributed by atoms with E-state index in [-0.39, 0.29) is 23.9 Å². The van der Waals surface area contributed by atoms with Gasteiger partial charge in [0.25, 0.3) is 0 Å². The molecule has 6 heteroatoms. The number of nitrogens with two attached hydrogens (primary N) is 1. The number of carbonyl (C=O) groups excluding carboxylic acids is 2. The highest BCUT2D eigenvalue weighted by atomic mass is 16.2. The summed E-state index contributed by atoms with van der Waals surface area (Å²) in [5, 5.41) is 8.87. The Morgan fingerprint density at radius 2 is 1.70 bits per heavy atom. The van der Waals surface area contributed by atoms with Crippen molar-refractivity contribution in [3.8, 4) is 0 Å². The first-order valence-electron chi connectivity index (χ1n) is 8.04. The monoisotopic (exact) mass is 320 g/mol. The van der Waals surface area contributed by atoms with Crippen LogP contribution in [-0.2, 0) is 16.0 Å². The van der Waals surface area contributed by atoms with Crippen LogP contribution in [0, 0.1) is 0 Å². The zero-order chi connectivity index (χ0) is 17.1. The summed E-state index contributed by atoms with van der Waals surface area (Å²) >= 11 is 0. The quantitative estimate of drug-likeness (QED) is 0.437. The smallest absolute Gasteiger partial charge is 0.237 e. The molecule has 0 heterocycles. The Morgan fingerprint density at radius 1 is 1.04 bits per heavy atom. The van der Waals surface area contributed by atoms with E-state index in [4.69, 9.17) is 5.73 Å². The first-order chi connectivity index (χ1) is 11.1. The zero-order valence-electron chi connectivity index (χ0n) is 14.0. The first kappa shape index (κ1) is 19.1. The summed E-state index contributed by atoms with van der Waals surface area (Å²) in [7, 11) is 3.51. The minimum absolute atomic E-state index is 0.00331. The van der Waals surface area contributed by atoms with Crippen LogP contribution in [0.15, 0.2) is 30.3 Å². The van der Waals surface area contributed by atoms with Gasteiger partial charge < -0.3 is 21.7 Å². The maximum atomic E-state index is 12.2. The fourth-order valence-corrected chi connectivity index (χ4v) is 2.41. The summed E-state index contributed by atoms with van der Waals surface area (Å²) in [5.74, 6) is -0.342. The fraction of sp³-hybridized carbons (Fsp3) is 0.529. The Labute approximate surface area is 138 Å². The second-order valence-corrected chi connectivity index (χ2v) is 5.56. The average Bonchev–Trinajstić information content (AvgIpc) is 2.56. The largest absolute Gasteiger partial charge is 0.368 e. The van der Waals surface area contributed by atoms with Gasteiger partial charge >= 0.3 is 0 Å². The lowest BCUT2D eigenvalue weighted by atomic mass is 10.1. The highest BCUT2D eigenvalue weighted by molar-refractivity contribution is 5.82. The lowest BCUT2D eigenvalue weighted by Crippen LogP contribution is -2.44. The molecule has 2 atom stereocenters. The molecule has 0 fully saturated rings. The zero-order valence-corrected chi connectivity index (χ0v) is 14.0. The topological polar surface area (TPSA) is 96.2 Å². The Balaban J connectivity index is 2.27. The number of primary amides is 1. The molecule has 0 aliphatic carbocycles. The molecule has 0 bridgehead atoms. The van der Waals surface area contributed by atoms with Gasteiger partial charge in [-0.1, -0.05) is 30.3 Å². The van der Waals surface area contributed by atoms with E-state index in [1.807, 2.05) is 30.3 Å². The van der Waals surface area contributed by atoms with Crippen molar-refractivity contribution in [1.82, 2.24) is 16.0 Å². The van der Waals surface area contributed by atoms with Crippen LogP contribution >= 0.6 is 0 Å². The van der Waals surface area contributed by atoms with E-state index in [0.29, 0.717) is 19.4 Å². The summed E-state index contributed by atoms with van der Waals surface area (Å²) in [6.07, 6.45) is 2.99. The van der Waals surface area contributed by atoms with Gasteiger partial charge in [-0.15, -0.1) is 0 Å². The highest BCUT2D eigenvalue weighted by Crippen LogP contribution is 2.04. The molecule has 0 aliphatic heterocycles. The normalized spacial score (nSPS) is 13.3. The Morgan fingerprint density at radius 3 is 2.26 bits per heavy atom. The molecule has 0 spiro atoms. The summed E-state index contributed by atoms with van der Waals surface area (Å²) in [5.41, 5.74) is 6.39. The van der Waals surface area contributed by atoms with Crippen LogP contribution < -0.4 is 21.7 Å². The molecule has 1 rings (SSSR count). The van der Waals surface area contributed by atoms with Gasteiger partial charge in [0.1, 0.15) is 0 Å². The molecule has 5 N–H and O–H groups in total. The van der Waals surface area contributed by atoms with E-state index in [0.717, 1.165) is 18.4 Å². The van der Waals surface area contributed by atoms with Crippen molar-refractivity contribution in [2.75, 3.05) is 20.6 Å². The molecule has 6 nitrogen and oxygen atoms in total. The van der Waals surface area contributed by atoms with Crippen LogP contribution in [0.1, 0.15) is 24.8 Å². The molecule has 0 radical (unpaired) electrons. The molecule has 0 aromatic heterocycles. The molecule has 1 aromatic rings. The SMILES string of the molecule is CNC(CCCCNC(=O)C(Cc1ccccc1)NC)C(N)=O. The van der Waals surface area contributed by atoms with Crippen molar-refractivity contribution in [3.05, 3.63) is 35.9 Å². The number of benzene rings is 1. The van der Waals surface area contributed by atoms with Crippen molar-refractivity contribution in [2.24, 2.45) is 5.73 Å². The Hall–Kier alpha value is -1.92. The molecular weight excluding hydrogens is 292 g/mol. The highest BCUT2D eigenvalue weighted by Gasteiger charge is 2.16. The van der Waals surface area contributed by atoms with E-state index in [2.05, 4.69) is 16.0 Å². The van der Waals surface area contributed by atoms with Crippen LogP contribution in [0.25, 0.3) is 0 Å². The van der Waals surface area contributed by atoms with Crippen LogP contribution in [-0.4, -0.2) is 44.5 Å². The maximum absolute atomic E-state index is 12.2. The minimum Gasteiger partial charge on any atom is -0.368 e. The third kappa shape index (κ3) is 7.25. The molecular formula is C17H28N4O2. The maximum Gasteiger partial charge on any atom is 0.237 e. The van der Waals surface area contributed by atoms with E-state index in [9.17, 15) is 9.59 Å². The number of unbranched alkanes of at least 4 members (excludes halogenated alkanes) is 1. The van der Waals surface area contributed by atoms with Gasteiger partial charge in [0.15, 0.2) is 0 Å². The van der Waals surface area contributed by atoms with Gasteiger partial charge in [0.2, 0.25) is 11.8 Å². The summed E-state index contributed by atoms with van der Waals surface area (Å²) < 4.78 is 0. The van der Waals surface area contributed by atoms with Crippen LogP contribution in [0.2, 0.25) is 0 Å².